The van der Waals surface area contributed by atoms with E-state index in [1.165, 1.54) is 11.0 Å². The number of hydrogen-bond donors (Lipinski definition) is 0. The zero-order chi connectivity index (χ0) is 14.9. The minimum Gasteiger partial charge on any atom is -0.481 e. The van der Waals surface area contributed by atoms with Crippen LogP contribution in [0.25, 0.3) is 0 Å². The lowest BCUT2D eigenvalue weighted by molar-refractivity contribution is -0.0238. The second-order valence-electron chi connectivity index (χ2n) is 5.68. The lowest BCUT2D eigenvalue weighted by Gasteiger charge is -2.39. The van der Waals surface area contributed by atoms with Crippen molar-refractivity contribution in [2.24, 2.45) is 0 Å². The molecule has 0 spiro atoms. The Kier molecular flexibility index (Phi) is 3.83. The summed E-state index contributed by atoms with van der Waals surface area (Å²) in [7, 11) is 0. The Bertz CT molecular complexity index is 487. The van der Waals surface area contributed by atoms with Crippen LogP contribution in [0.1, 0.15) is 20.8 Å². The maximum absolute atomic E-state index is 13.4. The number of likely N-dealkylation sites (tertiary alicyclic amines) is 1. The molecule has 110 valence electrons. The Hall–Kier alpha value is -1.85. The Balaban J connectivity index is 1.87. The number of benzene rings is 1. The van der Waals surface area contributed by atoms with Crippen LogP contribution < -0.4 is 4.74 Å². The first kappa shape index (κ1) is 14.6. The molecular weight excluding hydrogens is 268 g/mol. The van der Waals surface area contributed by atoms with Gasteiger partial charge in [0.1, 0.15) is 11.7 Å². The maximum Gasteiger partial charge on any atom is 0.410 e. The highest BCUT2D eigenvalue weighted by Gasteiger charge is 2.35. The van der Waals surface area contributed by atoms with Crippen molar-refractivity contribution in [1.29, 1.82) is 0 Å². The Labute approximate surface area is 116 Å². The number of hydrogen-bond acceptors (Lipinski definition) is 3. The Morgan fingerprint density at radius 2 is 1.80 bits per heavy atom. The first-order valence-corrected chi connectivity index (χ1v) is 6.35. The summed E-state index contributed by atoms with van der Waals surface area (Å²) in [6, 6.07) is 3.52. The van der Waals surface area contributed by atoms with Crippen molar-refractivity contribution in [3.05, 3.63) is 29.8 Å². The molecule has 0 aliphatic carbocycles. The van der Waals surface area contributed by atoms with Gasteiger partial charge in [0.15, 0.2) is 17.4 Å². The van der Waals surface area contributed by atoms with Crippen LogP contribution in [0.4, 0.5) is 13.6 Å². The van der Waals surface area contributed by atoms with Crippen LogP contribution in [0, 0.1) is 11.6 Å². The molecule has 1 fully saturated rings. The third kappa shape index (κ3) is 3.37. The zero-order valence-electron chi connectivity index (χ0n) is 11.7. The first-order chi connectivity index (χ1) is 9.26. The van der Waals surface area contributed by atoms with Crippen molar-refractivity contribution in [2.75, 3.05) is 13.1 Å². The molecule has 0 saturated carbocycles. The number of carbonyl (C=O) groups excluding carboxylic acids is 1. The van der Waals surface area contributed by atoms with Crippen LogP contribution in [0.2, 0.25) is 0 Å². The molecule has 1 aromatic rings. The topological polar surface area (TPSA) is 38.8 Å². The highest BCUT2D eigenvalue weighted by atomic mass is 19.1. The highest BCUT2D eigenvalue weighted by Crippen LogP contribution is 2.25. The predicted molar refractivity (Wildman–Crippen MR) is 68.6 cm³/mol. The molecule has 1 aliphatic heterocycles. The zero-order valence-corrected chi connectivity index (χ0v) is 11.7. The second-order valence-corrected chi connectivity index (χ2v) is 5.68. The van der Waals surface area contributed by atoms with Gasteiger partial charge in [-0.2, -0.15) is 0 Å². The molecule has 1 aliphatic rings. The normalized spacial score (nSPS) is 15.8. The largest absolute Gasteiger partial charge is 0.481 e. The van der Waals surface area contributed by atoms with Gasteiger partial charge < -0.3 is 14.4 Å². The second kappa shape index (κ2) is 5.26. The van der Waals surface area contributed by atoms with E-state index in [-0.39, 0.29) is 13.1 Å². The molecule has 1 heterocycles. The molecule has 2 rings (SSSR count). The van der Waals surface area contributed by atoms with Gasteiger partial charge in [-0.25, -0.2) is 13.6 Å². The van der Waals surface area contributed by atoms with E-state index in [0.717, 1.165) is 12.1 Å². The van der Waals surface area contributed by atoms with E-state index in [9.17, 15) is 13.6 Å². The quantitative estimate of drug-likeness (QED) is 0.838. The highest BCUT2D eigenvalue weighted by molar-refractivity contribution is 5.69. The fourth-order valence-electron chi connectivity index (χ4n) is 1.75. The van der Waals surface area contributed by atoms with E-state index < -0.39 is 35.2 Å². The smallest absolute Gasteiger partial charge is 0.410 e. The minimum absolute atomic E-state index is 0.253. The summed E-state index contributed by atoms with van der Waals surface area (Å²) in [6.07, 6.45) is -0.875. The van der Waals surface area contributed by atoms with E-state index in [2.05, 4.69) is 0 Å². The summed E-state index contributed by atoms with van der Waals surface area (Å²) in [4.78, 5) is 13.1. The first-order valence-electron chi connectivity index (χ1n) is 6.35. The molecule has 4 nitrogen and oxygen atoms in total. The fraction of sp³-hybridized carbons (Fsp3) is 0.500. The predicted octanol–water partition coefficient (Wildman–Crippen LogP) is 2.96. The van der Waals surface area contributed by atoms with E-state index in [1.54, 1.807) is 20.8 Å². The molecule has 1 saturated heterocycles. The van der Waals surface area contributed by atoms with Crippen LogP contribution in [0.3, 0.4) is 0 Å². The SMILES string of the molecule is CC(C)(C)OC(=O)N1CC(Oc2c(F)cccc2F)C1. The van der Waals surface area contributed by atoms with Gasteiger partial charge in [-0.1, -0.05) is 6.07 Å². The van der Waals surface area contributed by atoms with Crippen molar-refractivity contribution in [1.82, 2.24) is 4.90 Å². The van der Waals surface area contributed by atoms with Crippen molar-refractivity contribution >= 4 is 6.09 Å². The number of nitrogens with zero attached hydrogens (tertiary/aromatic N) is 1. The van der Waals surface area contributed by atoms with Gasteiger partial charge >= 0.3 is 6.09 Å². The summed E-state index contributed by atoms with van der Waals surface area (Å²) in [5.41, 5.74) is -0.569. The van der Waals surface area contributed by atoms with E-state index in [1.807, 2.05) is 0 Å². The molecule has 0 aromatic heterocycles. The van der Waals surface area contributed by atoms with Crippen LogP contribution in [-0.4, -0.2) is 35.8 Å². The third-order valence-corrected chi connectivity index (χ3v) is 2.70. The number of rotatable bonds is 2. The molecule has 0 atom stereocenters. The van der Waals surface area contributed by atoms with Gasteiger partial charge in [-0.3, -0.25) is 0 Å². The summed E-state index contributed by atoms with van der Waals surface area (Å²) in [6.45, 7) is 5.82. The molecule has 0 unspecified atom stereocenters. The molecule has 0 radical (unpaired) electrons. The van der Waals surface area contributed by atoms with E-state index >= 15 is 0 Å². The fourth-order valence-corrected chi connectivity index (χ4v) is 1.75. The van der Waals surface area contributed by atoms with Crippen LogP contribution in [0.15, 0.2) is 18.2 Å². The Morgan fingerprint density at radius 3 is 2.30 bits per heavy atom. The summed E-state index contributed by atoms with van der Waals surface area (Å²) >= 11 is 0. The number of amides is 1. The number of halogens is 2. The molecule has 20 heavy (non-hydrogen) atoms. The third-order valence-electron chi connectivity index (χ3n) is 2.70. The monoisotopic (exact) mass is 285 g/mol. The maximum atomic E-state index is 13.4. The van der Waals surface area contributed by atoms with Gasteiger partial charge in [-0.15, -0.1) is 0 Å². The molecular formula is C14H17F2NO3. The van der Waals surface area contributed by atoms with Crippen molar-refractivity contribution < 1.29 is 23.0 Å². The molecule has 0 N–H and O–H groups in total. The molecule has 1 amide bonds. The number of carbonyl (C=O) groups is 1. The summed E-state index contributed by atoms with van der Waals surface area (Å²) < 4.78 is 37.2. The van der Waals surface area contributed by atoms with Crippen molar-refractivity contribution in [2.45, 2.75) is 32.5 Å². The standard InChI is InChI=1S/C14H17F2NO3/c1-14(2,3)20-13(18)17-7-9(8-17)19-12-10(15)5-4-6-11(12)16/h4-6,9H,7-8H2,1-3H3. The van der Waals surface area contributed by atoms with Gasteiger partial charge in [0.2, 0.25) is 0 Å². The van der Waals surface area contributed by atoms with Gasteiger partial charge in [0, 0.05) is 0 Å². The van der Waals surface area contributed by atoms with Crippen LogP contribution >= 0.6 is 0 Å². The van der Waals surface area contributed by atoms with Crippen molar-refractivity contribution in [3.63, 3.8) is 0 Å². The molecule has 1 aromatic carbocycles. The molecule has 6 heteroatoms. The Morgan fingerprint density at radius 1 is 1.25 bits per heavy atom. The van der Waals surface area contributed by atoms with Gasteiger partial charge in [0.25, 0.3) is 0 Å². The van der Waals surface area contributed by atoms with Gasteiger partial charge in [-0.05, 0) is 32.9 Å². The number of ether oxygens (including phenoxy) is 2. The van der Waals surface area contributed by atoms with Crippen molar-refractivity contribution in [3.8, 4) is 5.75 Å². The summed E-state index contributed by atoms with van der Waals surface area (Å²) in [5, 5.41) is 0. The van der Waals surface area contributed by atoms with E-state index in [4.69, 9.17) is 9.47 Å². The lowest BCUT2D eigenvalue weighted by atomic mass is 10.1. The minimum atomic E-state index is -0.749. The van der Waals surface area contributed by atoms with Crippen LogP contribution in [-0.2, 0) is 4.74 Å². The average molecular weight is 285 g/mol. The van der Waals surface area contributed by atoms with E-state index in [0.29, 0.717) is 0 Å². The summed E-state index contributed by atoms with van der Waals surface area (Å²) in [5.74, 6) is -1.90. The molecule has 0 bridgehead atoms. The average Bonchev–Trinajstić information content (AvgIpc) is 2.23. The lowest BCUT2D eigenvalue weighted by Crippen LogP contribution is -2.57. The number of para-hydroxylation sites is 1. The van der Waals surface area contributed by atoms with Gasteiger partial charge in [0.05, 0.1) is 13.1 Å². The van der Waals surface area contributed by atoms with Crippen LogP contribution in [0.5, 0.6) is 5.75 Å².